The molecule has 1 aliphatic rings. The highest BCUT2D eigenvalue weighted by Crippen LogP contribution is 2.28. The van der Waals surface area contributed by atoms with E-state index in [1.807, 2.05) is 67.6 Å². The van der Waals surface area contributed by atoms with Crippen molar-refractivity contribution in [2.45, 2.75) is 19.1 Å². The lowest BCUT2D eigenvalue weighted by molar-refractivity contribution is -0.0617. The summed E-state index contributed by atoms with van der Waals surface area (Å²) in [6.07, 6.45) is -0.335. The van der Waals surface area contributed by atoms with E-state index in [2.05, 4.69) is 0 Å². The number of morpholine rings is 1. The second-order valence-corrected chi connectivity index (χ2v) is 5.93. The number of rotatable bonds is 3. The number of amides is 2. The number of ether oxygens (including phenoxy) is 1. The molecule has 1 heterocycles. The van der Waals surface area contributed by atoms with Crippen LogP contribution in [0.15, 0.2) is 60.7 Å². The van der Waals surface area contributed by atoms with Crippen LogP contribution in [0.3, 0.4) is 0 Å². The summed E-state index contributed by atoms with van der Waals surface area (Å²) in [5.41, 5.74) is 1.63. The van der Waals surface area contributed by atoms with Gasteiger partial charge >= 0.3 is 6.03 Å². The Morgan fingerprint density at radius 2 is 1.67 bits per heavy atom. The first-order chi connectivity index (χ1) is 11.7. The molecule has 5 nitrogen and oxygen atoms in total. The fourth-order valence-corrected chi connectivity index (χ4v) is 2.85. The third-order valence-corrected chi connectivity index (χ3v) is 4.17. The van der Waals surface area contributed by atoms with Gasteiger partial charge in [-0.05, 0) is 31.2 Å². The number of urea groups is 1. The van der Waals surface area contributed by atoms with E-state index in [1.165, 1.54) is 0 Å². The molecule has 3 rings (SSSR count). The van der Waals surface area contributed by atoms with E-state index in [9.17, 15) is 9.90 Å². The molecule has 2 amide bonds. The number of hydrogen-bond donors (Lipinski definition) is 1. The van der Waals surface area contributed by atoms with E-state index in [4.69, 9.17) is 4.74 Å². The van der Waals surface area contributed by atoms with Crippen molar-refractivity contribution in [2.24, 2.45) is 0 Å². The lowest BCUT2D eigenvalue weighted by Gasteiger charge is -2.40. The van der Waals surface area contributed by atoms with Crippen LogP contribution >= 0.6 is 0 Å². The second-order valence-electron chi connectivity index (χ2n) is 5.93. The Hall–Kier alpha value is -2.37. The summed E-state index contributed by atoms with van der Waals surface area (Å²) >= 11 is 0. The maximum atomic E-state index is 13.3. The Kier molecular flexibility index (Phi) is 5.13. The predicted octanol–water partition coefficient (Wildman–Crippen LogP) is 3.03. The zero-order valence-corrected chi connectivity index (χ0v) is 13.7. The maximum Gasteiger partial charge on any atom is 0.329 e. The van der Waals surface area contributed by atoms with Gasteiger partial charge in [0.1, 0.15) is 0 Å². The smallest absolute Gasteiger partial charge is 0.329 e. The molecule has 0 aromatic heterocycles. The number of anilines is 2. The first-order valence-electron chi connectivity index (χ1n) is 8.14. The zero-order chi connectivity index (χ0) is 16.9. The number of carbonyl (C=O) groups is 1. The van der Waals surface area contributed by atoms with E-state index in [1.54, 1.807) is 9.80 Å². The fourth-order valence-electron chi connectivity index (χ4n) is 2.85. The molecular weight excluding hydrogens is 304 g/mol. The predicted molar refractivity (Wildman–Crippen MR) is 93.4 cm³/mol. The van der Waals surface area contributed by atoms with Crippen LogP contribution in [-0.4, -0.2) is 47.9 Å². The lowest BCUT2D eigenvalue weighted by atomic mass is 10.2. The van der Waals surface area contributed by atoms with Gasteiger partial charge in [-0.1, -0.05) is 36.4 Å². The van der Waals surface area contributed by atoms with E-state index in [0.29, 0.717) is 13.2 Å². The van der Waals surface area contributed by atoms with E-state index < -0.39 is 0 Å². The van der Waals surface area contributed by atoms with Gasteiger partial charge in [0.25, 0.3) is 0 Å². The van der Waals surface area contributed by atoms with Crippen LogP contribution in [0.4, 0.5) is 16.2 Å². The van der Waals surface area contributed by atoms with Gasteiger partial charge in [0, 0.05) is 0 Å². The molecule has 2 aromatic rings. The van der Waals surface area contributed by atoms with E-state index in [-0.39, 0.29) is 24.8 Å². The highest BCUT2D eigenvalue weighted by Gasteiger charge is 2.33. The van der Waals surface area contributed by atoms with Crippen LogP contribution in [-0.2, 0) is 4.74 Å². The van der Waals surface area contributed by atoms with Crippen molar-refractivity contribution in [3.8, 4) is 0 Å². The number of hydrogen-bond acceptors (Lipinski definition) is 3. The van der Waals surface area contributed by atoms with Crippen molar-refractivity contribution in [3.05, 3.63) is 60.7 Å². The van der Waals surface area contributed by atoms with Crippen LogP contribution in [0.25, 0.3) is 0 Å². The van der Waals surface area contributed by atoms with Gasteiger partial charge in [0.15, 0.2) is 0 Å². The minimum absolute atomic E-state index is 0.0461. The molecule has 5 heteroatoms. The molecule has 126 valence electrons. The van der Waals surface area contributed by atoms with Crippen molar-refractivity contribution in [1.82, 2.24) is 4.90 Å². The largest absolute Gasteiger partial charge is 0.394 e. The van der Waals surface area contributed by atoms with Gasteiger partial charge in [-0.15, -0.1) is 0 Å². The molecule has 1 aliphatic heterocycles. The van der Waals surface area contributed by atoms with Crippen LogP contribution < -0.4 is 4.90 Å². The number of carbonyl (C=O) groups excluding carboxylic acids is 1. The first kappa shape index (κ1) is 16.5. The normalized spacial score (nSPS) is 20.7. The molecular formula is C19H22N2O3. The summed E-state index contributed by atoms with van der Waals surface area (Å²) in [4.78, 5) is 16.8. The Labute approximate surface area is 142 Å². The molecule has 1 saturated heterocycles. The zero-order valence-electron chi connectivity index (χ0n) is 13.7. The van der Waals surface area contributed by atoms with Gasteiger partial charge in [0.05, 0.1) is 43.3 Å². The van der Waals surface area contributed by atoms with Crippen LogP contribution in [0.2, 0.25) is 0 Å². The number of benzene rings is 2. The van der Waals surface area contributed by atoms with Crippen molar-refractivity contribution < 1.29 is 14.6 Å². The molecule has 1 N–H and O–H groups in total. The van der Waals surface area contributed by atoms with Gasteiger partial charge in [-0.3, -0.25) is 4.90 Å². The molecule has 0 spiro atoms. The van der Waals surface area contributed by atoms with Gasteiger partial charge < -0.3 is 14.7 Å². The molecule has 0 radical (unpaired) electrons. The molecule has 0 unspecified atom stereocenters. The van der Waals surface area contributed by atoms with E-state index >= 15 is 0 Å². The molecule has 2 atom stereocenters. The summed E-state index contributed by atoms with van der Waals surface area (Å²) in [6, 6.07) is 19.0. The quantitative estimate of drug-likeness (QED) is 0.943. The molecule has 2 aromatic carbocycles. The van der Waals surface area contributed by atoms with Crippen molar-refractivity contribution in [1.29, 1.82) is 0 Å². The average Bonchev–Trinajstić information content (AvgIpc) is 2.64. The maximum absolute atomic E-state index is 13.3. The summed E-state index contributed by atoms with van der Waals surface area (Å²) in [5.74, 6) is 0. The highest BCUT2D eigenvalue weighted by molar-refractivity contribution is 5.99. The number of aliphatic hydroxyl groups is 1. The third kappa shape index (κ3) is 3.42. The monoisotopic (exact) mass is 326 g/mol. The Bertz CT molecular complexity index is 623. The summed E-state index contributed by atoms with van der Waals surface area (Å²) in [6.45, 7) is 2.67. The van der Waals surface area contributed by atoms with Crippen molar-refractivity contribution in [2.75, 3.05) is 24.7 Å². The molecule has 1 fully saturated rings. The fraction of sp³-hybridized carbons (Fsp3) is 0.316. The highest BCUT2D eigenvalue weighted by atomic mass is 16.5. The van der Waals surface area contributed by atoms with Crippen LogP contribution in [0, 0.1) is 0 Å². The van der Waals surface area contributed by atoms with Gasteiger partial charge in [-0.25, -0.2) is 4.79 Å². The molecule has 0 aliphatic carbocycles. The Morgan fingerprint density at radius 3 is 2.17 bits per heavy atom. The lowest BCUT2D eigenvalue weighted by Crippen LogP contribution is -2.55. The Morgan fingerprint density at radius 1 is 1.12 bits per heavy atom. The minimum Gasteiger partial charge on any atom is -0.394 e. The number of para-hydroxylation sites is 2. The standard InChI is InChI=1S/C19H22N2O3/c1-15-14-24-18(13-22)12-20(15)19(23)21(16-8-4-2-5-9-16)17-10-6-3-7-11-17/h2-11,15,18,22H,12-14H2,1H3/t15-,18-/m1/s1. The topological polar surface area (TPSA) is 53.0 Å². The minimum atomic E-state index is -0.335. The number of aliphatic hydroxyl groups excluding tert-OH is 1. The van der Waals surface area contributed by atoms with Gasteiger partial charge in [0.2, 0.25) is 0 Å². The Balaban J connectivity index is 1.95. The van der Waals surface area contributed by atoms with Gasteiger partial charge in [-0.2, -0.15) is 0 Å². The molecule has 0 saturated carbocycles. The van der Waals surface area contributed by atoms with Crippen LogP contribution in [0.5, 0.6) is 0 Å². The molecule has 0 bridgehead atoms. The first-order valence-corrected chi connectivity index (χ1v) is 8.14. The van der Waals surface area contributed by atoms with E-state index in [0.717, 1.165) is 11.4 Å². The second kappa shape index (κ2) is 7.47. The van der Waals surface area contributed by atoms with Crippen molar-refractivity contribution >= 4 is 17.4 Å². The summed E-state index contributed by atoms with van der Waals surface area (Å²) in [7, 11) is 0. The third-order valence-electron chi connectivity index (χ3n) is 4.17. The average molecular weight is 326 g/mol. The number of nitrogens with zero attached hydrogens (tertiary/aromatic N) is 2. The van der Waals surface area contributed by atoms with Crippen LogP contribution in [0.1, 0.15) is 6.92 Å². The van der Waals surface area contributed by atoms with Crippen molar-refractivity contribution in [3.63, 3.8) is 0 Å². The SMILES string of the molecule is C[C@@H]1CO[C@@H](CO)CN1C(=O)N(c1ccccc1)c1ccccc1. The summed E-state index contributed by atoms with van der Waals surface area (Å²) < 4.78 is 5.55. The molecule has 24 heavy (non-hydrogen) atoms. The summed E-state index contributed by atoms with van der Waals surface area (Å²) in [5, 5.41) is 9.37.